The summed E-state index contributed by atoms with van der Waals surface area (Å²) in [5.74, 6) is 0.572. The zero-order valence-electron chi connectivity index (χ0n) is 13.4. The fourth-order valence-corrected chi connectivity index (χ4v) is 3.00. The highest BCUT2D eigenvalue weighted by Crippen LogP contribution is 2.35. The van der Waals surface area contributed by atoms with Crippen molar-refractivity contribution >= 4 is 6.09 Å². The smallest absolute Gasteiger partial charge is 0.410 e. The summed E-state index contributed by atoms with van der Waals surface area (Å²) in [6.45, 7) is 7.98. The molecule has 1 atom stereocenters. The molecule has 1 saturated heterocycles. The number of amides is 1. The topological polar surface area (TPSA) is 49.8 Å². The van der Waals surface area contributed by atoms with Gasteiger partial charge in [0.1, 0.15) is 0 Å². The Labute approximate surface area is 123 Å². The lowest BCUT2D eigenvalue weighted by molar-refractivity contribution is 0.0792. The van der Waals surface area contributed by atoms with E-state index in [2.05, 4.69) is 20.8 Å². The SMILES string of the molecule is CCCCOC(=O)N1C[C@@H](CCCCCO)CC1(C)C. The molecule has 4 nitrogen and oxygen atoms in total. The molecule has 0 aromatic carbocycles. The summed E-state index contributed by atoms with van der Waals surface area (Å²) < 4.78 is 5.35. The number of unbranched alkanes of at least 4 members (excludes halogenated alkanes) is 3. The van der Waals surface area contributed by atoms with E-state index in [4.69, 9.17) is 9.84 Å². The van der Waals surface area contributed by atoms with Crippen LogP contribution in [0.3, 0.4) is 0 Å². The number of aliphatic hydroxyl groups excluding tert-OH is 1. The molecule has 0 bridgehead atoms. The molecule has 20 heavy (non-hydrogen) atoms. The number of likely N-dealkylation sites (tertiary alicyclic amines) is 1. The van der Waals surface area contributed by atoms with Crippen LogP contribution in [0.15, 0.2) is 0 Å². The van der Waals surface area contributed by atoms with Crippen LogP contribution in [-0.4, -0.2) is 41.4 Å². The van der Waals surface area contributed by atoms with E-state index in [1.54, 1.807) is 0 Å². The molecule has 1 N–H and O–H groups in total. The van der Waals surface area contributed by atoms with Crippen molar-refractivity contribution in [3.63, 3.8) is 0 Å². The number of hydrogen-bond donors (Lipinski definition) is 1. The van der Waals surface area contributed by atoms with Gasteiger partial charge in [0.25, 0.3) is 0 Å². The standard InChI is InChI=1S/C16H31NO3/c1-4-5-11-20-15(19)17-13-14(12-16(17,2)3)9-7-6-8-10-18/h14,18H,4-13H2,1-3H3/t14-/m0/s1. The lowest BCUT2D eigenvalue weighted by atomic mass is 9.93. The van der Waals surface area contributed by atoms with Crippen LogP contribution in [-0.2, 0) is 4.74 Å². The van der Waals surface area contributed by atoms with Crippen LogP contribution in [0.2, 0.25) is 0 Å². The fourth-order valence-electron chi connectivity index (χ4n) is 3.00. The summed E-state index contributed by atoms with van der Waals surface area (Å²) in [5.41, 5.74) is -0.0923. The summed E-state index contributed by atoms with van der Waals surface area (Å²) in [6, 6.07) is 0. The highest BCUT2D eigenvalue weighted by Gasteiger charge is 2.41. The first-order valence-corrected chi connectivity index (χ1v) is 8.06. The Morgan fingerprint density at radius 2 is 2.05 bits per heavy atom. The highest BCUT2D eigenvalue weighted by molar-refractivity contribution is 5.69. The van der Waals surface area contributed by atoms with Gasteiger partial charge in [-0.25, -0.2) is 4.79 Å². The average Bonchev–Trinajstić information content (AvgIpc) is 2.70. The first kappa shape index (κ1) is 17.3. The molecule has 0 radical (unpaired) electrons. The number of hydrogen-bond acceptors (Lipinski definition) is 3. The third-order valence-corrected chi connectivity index (χ3v) is 4.17. The van der Waals surface area contributed by atoms with Gasteiger partial charge in [0.15, 0.2) is 0 Å². The molecule has 0 aliphatic carbocycles. The van der Waals surface area contributed by atoms with Crippen molar-refractivity contribution in [3.8, 4) is 0 Å². The van der Waals surface area contributed by atoms with Crippen LogP contribution in [0.25, 0.3) is 0 Å². The van der Waals surface area contributed by atoms with E-state index in [1.807, 2.05) is 4.90 Å². The van der Waals surface area contributed by atoms with Gasteiger partial charge in [-0.15, -0.1) is 0 Å². The second kappa shape index (κ2) is 8.50. The second-order valence-electron chi connectivity index (χ2n) is 6.53. The van der Waals surface area contributed by atoms with E-state index >= 15 is 0 Å². The Kier molecular flexibility index (Phi) is 7.35. The maximum atomic E-state index is 12.1. The first-order chi connectivity index (χ1) is 9.51. The van der Waals surface area contributed by atoms with Crippen LogP contribution >= 0.6 is 0 Å². The van der Waals surface area contributed by atoms with Gasteiger partial charge in [-0.05, 0) is 45.4 Å². The summed E-state index contributed by atoms with van der Waals surface area (Å²) in [6.07, 6.45) is 7.13. The number of carbonyl (C=O) groups excluding carboxylic acids is 1. The van der Waals surface area contributed by atoms with Crippen molar-refractivity contribution < 1.29 is 14.6 Å². The van der Waals surface area contributed by atoms with E-state index in [9.17, 15) is 4.79 Å². The Hall–Kier alpha value is -0.770. The third kappa shape index (κ3) is 5.31. The molecule has 1 amide bonds. The number of carbonyl (C=O) groups is 1. The summed E-state index contributed by atoms with van der Waals surface area (Å²) in [4.78, 5) is 14.0. The monoisotopic (exact) mass is 285 g/mol. The Balaban J connectivity index is 2.37. The summed E-state index contributed by atoms with van der Waals surface area (Å²) >= 11 is 0. The van der Waals surface area contributed by atoms with E-state index in [0.717, 1.165) is 51.5 Å². The maximum Gasteiger partial charge on any atom is 0.410 e. The second-order valence-corrected chi connectivity index (χ2v) is 6.53. The van der Waals surface area contributed by atoms with Crippen molar-refractivity contribution in [2.45, 2.75) is 71.3 Å². The Morgan fingerprint density at radius 1 is 1.30 bits per heavy atom. The van der Waals surface area contributed by atoms with Gasteiger partial charge in [-0.3, -0.25) is 0 Å². The van der Waals surface area contributed by atoms with Crippen LogP contribution < -0.4 is 0 Å². The number of aliphatic hydroxyl groups is 1. The highest BCUT2D eigenvalue weighted by atomic mass is 16.6. The molecule has 0 aromatic heterocycles. The largest absolute Gasteiger partial charge is 0.449 e. The molecular formula is C16H31NO3. The zero-order valence-corrected chi connectivity index (χ0v) is 13.4. The van der Waals surface area contributed by atoms with E-state index in [0.29, 0.717) is 12.5 Å². The molecule has 4 heteroatoms. The van der Waals surface area contributed by atoms with Crippen LogP contribution in [0.5, 0.6) is 0 Å². The Morgan fingerprint density at radius 3 is 2.70 bits per heavy atom. The molecule has 0 spiro atoms. The fraction of sp³-hybridized carbons (Fsp3) is 0.938. The van der Waals surface area contributed by atoms with Gasteiger partial charge in [0.2, 0.25) is 0 Å². The molecule has 1 fully saturated rings. The molecule has 1 heterocycles. The molecule has 1 aliphatic rings. The van der Waals surface area contributed by atoms with Gasteiger partial charge in [0, 0.05) is 18.7 Å². The lowest BCUT2D eigenvalue weighted by Crippen LogP contribution is -2.43. The van der Waals surface area contributed by atoms with Gasteiger partial charge in [-0.2, -0.15) is 0 Å². The van der Waals surface area contributed by atoms with Crippen LogP contribution in [0, 0.1) is 5.92 Å². The average molecular weight is 285 g/mol. The van der Waals surface area contributed by atoms with Gasteiger partial charge in [-0.1, -0.05) is 26.2 Å². The van der Waals surface area contributed by atoms with Crippen molar-refractivity contribution in [2.24, 2.45) is 5.92 Å². The Bertz CT molecular complexity index is 291. The van der Waals surface area contributed by atoms with Crippen molar-refractivity contribution in [3.05, 3.63) is 0 Å². The first-order valence-electron chi connectivity index (χ1n) is 8.06. The normalized spacial score (nSPS) is 21.2. The molecule has 1 aliphatic heterocycles. The minimum Gasteiger partial charge on any atom is -0.449 e. The van der Waals surface area contributed by atoms with Crippen molar-refractivity contribution in [1.29, 1.82) is 0 Å². The van der Waals surface area contributed by atoms with E-state index in [1.165, 1.54) is 0 Å². The number of ether oxygens (including phenoxy) is 1. The van der Waals surface area contributed by atoms with Gasteiger partial charge < -0.3 is 14.7 Å². The van der Waals surface area contributed by atoms with Crippen LogP contribution in [0.1, 0.15) is 65.7 Å². The van der Waals surface area contributed by atoms with E-state index < -0.39 is 0 Å². The minimum atomic E-state index is -0.152. The van der Waals surface area contributed by atoms with Crippen LogP contribution in [0.4, 0.5) is 4.79 Å². The predicted molar refractivity (Wildman–Crippen MR) is 80.7 cm³/mol. The number of nitrogens with zero attached hydrogens (tertiary/aromatic N) is 1. The molecule has 0 unspecified atom stereocenters. The van der Waals surface area contributed by atoms with Crippen molar-refractivity contribution in [1.82, 2.24) is 4.90 Å². The predicted octanol–water partition coefficient (Wildman–Crippen LogP) is 3.58. The molecule has 0 saturated carbocycles. The summed E-state index contributed by atoms with van der Waals surface area (Å²) in [7, 11) is 0. The van der Waals surface area contributed by atoms with E-state index in [-0.39, 0.29) is 18.2 Å². The zero-order chi connectivity index (χ0) is 15.0. The van der Waals surface area contributed by atoms with Crippen molar-refractivity contribution in [2.75, 3.05) is 19.8 Å². The molecule has 118 valence electrons. The molecule has 0 aromatic rings. The maximum absolute atomic E-state index is 12.1. The lowest BCUT2D eigenvalue weighted by Gasteiger charge is -2.30. The van der Waals surface area contributed by atoms with Gasteiger partial charge in [0.05, 0.1) is 6.61 Å². The summed E-state index contributed by atoms with van der Waals surface area (Å²) in [5, 5.41) is 8.79. The molecular weight excluding hydrogens is 254 g/mol. The third-order valence-electron chi connectivity index (χ3n) is 4.17. The minimum absolute atomic E-state index is 0.0923. The number of rotatable bonds is 8. The molecule has 1 rings (SSSR count). The quantitative estimate of drug-likeness (QED) is 0.693. The van der Waals surface area contributed by atoms with Gasteiger partial charge >= 0.3 is 6.09 Å².